The fourth-order valence-electron chi connectivity index (χ4n) is 2.57. The maximum absolute atomic E-state index is 8.60. The molecule has 0 radical (unpaired) electrons. The molecule has 3 nitrogen and oxygen atoms in total. The van der Waals surface area contributed by atoms with Crippen molar-refractivity contribution < 1.29 is 9.84 Å². The molecule has 0 aromatic heterocycles. The van der Waals surface area contributed by atoms with Gasteiger partial charge in [0.1, 0.15) is 0 Å². The summed E-state index contributed by atoms with van der Waals surface area (Å²) in [5.74, 6) is 0. The van der Waals surface area contributed by atoms with E-state index in [2.05, 4.69) is 18.7 Å². The number of hydrogen-bond acceptors (Lipinski definition) is 3. The van der Waals surface area contributed by atoms with Gasteiger partial charge in [-0.05, 0) is 31.3 Å². The van der Waals surface area contributed by atoms with E-state index >= 15 is 0 Å². The molecule has 3 heteroatoms. The number of likely N-dealkylation sites (tertiary alicyclic amines) is 1. The molecule has 1 aliphatic heterocycles. The molecule has 0 unspecified atom stereocenters. The highest BCUT2D eigenvalue weighted by atomic mass is 16.5. The van der Waals surface area contributed by atoms with Crippen LogP contribution in [0.4, 0.5) is 0 Å². The summed E-state index contributed by atoms with van der Waals surface area (Å²) in [7, 11) is 0. The molecule has 1 N–H and O–H groups in total. The molecule has 1 rings (SSSR count). The average Bonchev–Trinajstić information content (AvgIpc) is 2.36. The minimum absolute atomic E-state index is 0.134. The first-order chi connectivity index (χ1) is 7.76. The molecular weight excluding hydrogens is 202 g/mol. The third kappa shape index (κ3) is 4.04. The van der Waals surface area contributed by atoms with Gasteiger partial charge in [0.05, 0.1) is 19.8 Å². The third-order valence-electron chi connectivity index (χ3n) is 4.20. The first-order valence-electron chi connectivity index (χ1n) is 6.67. The lowest BCUT2D eigenvalue weighted by Crippen LogP contribution is -2.41. The molecule has 0 spiro atoms. The zero-order valence-electron chi connectivity index (χ0n) is 10.9. The maximum Gasteiger partial charge on any atom is 0.0698 e. The van der Waals surface area contributed by atoms with Crippen molar-refractivity contribution in [3.63, 3.8) is 0 Å². The van der Waals surface area contributed by atoms with Crippen LogP contribution in [0.3, 0.4) is 0 Å². The summed E-state index contributed by atoms with van der Waals surface area (Å²) in [5.41, 5.74) is 0.614. The van der Waals surface area contributed by atoms with E-state index in [9.17, 15) is 0 Å². The van der Waals surface area contributed by atoms with Crippen molar-refractivity contribution in [3.05, 3.63) is 0 Å². The van der Waals surface area contributed by atoms with Crippen LogP contribution in [-0.4, -0.2) is 49.5 Å². The summed E-state index contributed by atoms with van der Waals surface area (Å²) >= 11 is 0. The molecule has 1 saturated heterocycles. The van der Waals surface area contributed by atoms with Gasteiger partial charge in [0.15, 0.2) is 0 Å². The fourth-order valence-corrected chi connectivity index (χ4v) is 2.57. The number of aliphatic hydroxyl groups excluding tert-OH is 1. The Hall–Kier alpha value is -0.120. The van der Waals surface area contributed by atoms with Crippen LogP contribution >= 0.6 is 0 Å². The van der Waals surface area contributed by atoms with Gasteiger partial charge < -0.3 is 14.7 Å². The fraction of sp³-hybridized carbons (Fsp3) is 1.00. The summed E-state index contributed by atoms with van der Waals surface area (Å²) in [4.78, 5) is 2.49. The Morgan fingerprint density at radius 2 is 1.75 bits per heavy atom. The van der Waals surface area contributed by atoms with E-state index in [4.69, 9.17) is 9.84 Å². The van der Waals surface area contributed by atoms with Gasteiger partial charge in [0.2, 0.25) is 0 Å². The van der Waals surface area contributed by atoms with Crippen LogP contribution in [0.15, 0.2) is 0 Å². The lowest BCUT2D eigenvalue weighted by molar-refractivity contribution is 0.0465. The Morgan fingerprint density at radius 1 is 1.12 bits per heavy atom. The molecule has 0 amide bonds. The molecule has 0 bridgehead atoms. The van der Waals surface area contributed by atoms with Gasteiger partial charge in [-0.25, -0.2) is 0 Å². The zero-order valence-corrected chi connectivity index (χ0v) is 10.9. The van der Waals surface area contributed by atoms with Crippen molar-refractivity contribution in [1.82, 2.24) is 4.90 Å². The molecule has 1 aliphatic rings. The molecule has 0 aromatic rings. The summed E-state index contributed by atoms with van der Waals surface area (Å²) in [6, 6.07) is 0. The van der Waals surface area contributed by atoms with Crippen LogP contribution in [-0.2, 0) is 4.74 Å². The lowest BCUT2D eigenvalue weighted by Gasteiger charge is -2.41. The monoisotopic (exact) mass is 229 g/mol. The third-order valence-corrected chi connectivity index (χ3v) is 4.20. The van der Waals surface area contributed by atoms with Gasteiger partial charge in [-0.15, -0.1) is 0 Å². The number of hydrogen-bond donors (Lipinski definition) is 1. The van der Waals surface area contributed by atoms with Gasteiger partial charge in [0.25, 0.3) is 0 Å². The number of piperidine rings is 1. The summed E-state index contributed by atoms with van der Waals surface area (Å²) < 4.78 is 5.30. The van der Waals surface area contributed by atoms with Gasteiger partial charge in [-0.2, -0.15) is 0 Å². The number of nitrogens with zero attached hydrogens (tertiary/aromatic N) is 1. The van der Waals surface area contributed by atoms with Crippen molar-refractivity contribution in [2.45, 2.75) is 39.5 Å². The largest absolute Gasteiger partial charge is 0.394 e. The number of ether oxygens (including phenoxy) is 1. The highest BCUT2D eigenvalue weighted by Crippen LogP contribution is 2.37. The Bertz CT molecular complexity index is 171. The van der Waals surface area contributed by atoms with Gasteiger partial charge >= 0.3 is 0 Å². The van der Waals surface area contributed by atoms with E-state index in [1.54, 1.807) is 0 Å². The standard InChI is InChI=1S/C13H27NO2/c1-3-13(4-2)5-7-14(8-6-13)9-11-16-12-10-15/h15H,3-12H2,1-2H3. The smallest absolute Gasteiger partial charge is 0.0698 e. The van der Waals surface area contributed by atoms with Crippen LogP contribution in [0, 0.1) is 5.41 Å². The van der Waals surface area contributed by atoms with Crippen LogP contribution < -0.4 is 0 Å². The maximum atomic E-state index is 8.60. The Labute approximate surface area is 99.8 Å². The topological polar surface area (TPSA) is 32.7 Å². The molecule has 1 fully saturated rings. The highest BCUT2D eigenvalue weighted by Gasteiger charge is 2.30. The minimum atomic E-state index is 0.134. The van der Waals surface area contributed by atoms with E-state index in [0.717, 1.165) is 13.2 Å². The van der Waals surface area contributed by atoms with Crippen LogP contribution in [0.25, 0.3) is 0 Å². The summed E-state index contributed by atoms with van der Waals surface area (Å²) in [6.45, 7) is 9.45. The first-order valence-corrected chi connectivity index (χ1v) is 6.67. The summed E-state index contributed by atoms with van der Waals surface area (Å²) in [5, 5.41) is 8.60. The second-order valence-electron chi connectivity index (χ2n) is 4.88. The van der Waals surface area contributed by atoms with Gasteiger partial charge in [-0.3, -0.25) is 0 Å². The predicted molar refractivity (Wildman–Crippen MR) is 66.6 cm³/mol. The Balaban J connectivity index is 2.16. The van der Waals surface area contributed by atoms with Crippen molar-refractivity contribution in [2.75, 3.05) is 39.5 Å². The molecule has 1 heterocycles. The molecule has 0 atom stereocenters. The number of aliphatic hydroxyl groups is 1. The first kappa shape index (κ1) is 13.9. The van der Waals surface area contributed by atoms with Crippen LogP contribution in [0.5, 0.6) is 0 Å². The van der Waals surface area contributed by atoms with Crippen LogP contribution in [0.2, 0.25) is 0 Å². The second-order valence-corrected chi connectivity index (χ2v) is 4.88. The normalized spacial score (nSPS) is 21.2. The van der Waals surface area contributed by atoms with E-state index in [-0.39, 0.29) is 6.61 Å². The van der Waals surface area contributed by atoms with E-state index in [0.29, 0.717) is 12.0 Å². The predicted octanol–water partition coefficient (Wildman–Crippen LogP) is 1.90. The lowest BCUT2D eigenvalue weighted by atomic mass is 9.74. The molecule has 0 aromatic carbocycles. The quantitative estimate of drug-likeness (QED) is 0.677. The second kappa shape index (κ2) is 7.25. The van der Waals surface area contributed by atoms with E-state index in [1.165, 1.54) is 38.8 Å². The van der Waals surface area contributed by atoms with E-state index in [1.807, 2.05) is 0 Å². The van der Waals surface area contributed by atoms with Crippen LogP contribution in [0.1, 0.15) is 39.5 Å². The average molecular weight is 229 g/mol. The molecule has 0 aliphatic carbocycles. The van der Waals surface area contributed by atoms with Gasteiger partial charge in [0, 0.05) is 6.54 Å². The zero-order chi connectivity index (χ0) is 11.9. The molecule has 0 saturated carbocycles. The highest BCUT2D eigenvalue weighted by molar-refractivity contribution is 4.83. The Morgan fingerprint density at radius 3 is 2.25 bits per heavy atom. The van der Waals surface area contributed by atoms with Crippen molar-refractivity contribution in [3.8, 4) is 0 Å². The molecule has 16 heavy (non-hydrogen) atoms. The molecule has 96 valence electrons. The Kier molecular flexibility index (Phi) is 6.32. The van der Waals surface area contributed by atoms with Crippen molar-refractivity contribution in [2.24, 2.45) is 5.41 Å². The number of rotatable bonds is 7. The van der Waals surface area contributed by atoms with Crippen molar-refractivity contribution >= 4 is 0 Å². The minimum Gasteiger partial charge on any atom is -0.394 e. The summed E-state index contributed by atoms with van der Waals surface area (Å²) in [6.07, 6.45) is 5.30. The van der Waals surface area contributed by atoms with Crippen molar-refractivity contribution in [1.29, 1.82) is 0 Å². The van der Waals surface area contributed by atoms with E-state index < -0.39 is 0 Å². The molecular formula is C13H27NO2. The SMILES string of the molecule is CCC1(CC)CCN(CCOCCO)CC1. The van der Waals surface area contributed by atoms with Gasteiger partial charge in [-0.1, -0.05) is 26.7 Å².